The molecule has 3 heteroatoms. The third-order valence-corrected chi connectivity index (χ3v) is 2.41. The predicted molar refractivity (Wildman–Crippen MR) is 96.5 cm³/mol. The summed E-state index contributed by atoms with van der Waals surface area (Å²) in [7, 11) is 1.95. The van der Waals surface area contributed by atoms with Crippen molar-refractivity contribution < 1.29 is 0 Å². The Balaban J connectivity index is 0. The van der Waals surface area contributed by atoms with Crippen LogP contribution in [-0.2, 0) is 7.05 Å². The zero-order chi connectivity index (χ0) is 16.8. The first kappa shape index (κ1) is 21.1. The first-order valence-corrected chi connectivity index (χ1v) is 7.29. The summed E-state index contributed by atoms with van der Waals surface area (Å²) in [5.74, 6) is 1.75. The molecule has 0 atom stereocenters. The lowest BCUT2D eigenvalue weighted by Crippen LogP contribution is -1.91. The third-order valence-electron chi connectivity index (χ3n) is 2.41. The Labute approximate surface area is 130 Å². The van der Waals surface area contributed by atoms with Crippen molar-refractivity contribution in [3.05, 3.63) is 49.2 Å². The van der Waals surface area contributed by atoms with E-state index in [1.807, 2.05) is 76.6 Å². The van der Waals surface area contributed by atoms with Gasteiger partial charge in [-0.15, -0.1) is 13.2 Å². The molecule has 0 aliphatic rings. The summed E-state index contributed by atoms with van der Waals surface area (Å²) in [5.41, 5.74) is 2.00. The first-order chi connectivity index (χ1) is 10.2. The fraction of sp³-hybridized carbons (Fsp3) is 0.333. The third kappa shape index (κ3) is 5.78. The molecule has 2 rings (SSSR count). The molecular formula is C18H29N3. The summed E-state index contributed by atoms with van der Waals surface area (Å²) in [6.45, 7) is 19.5. The Kier molecular flexibility index (Phi) is 12.9. The molecule has 0 N–H and O–H groups in total. The van der Waals surface area contributed by atoms with Crippen molar-refractivity contribution in [2.45, 2.75) is 34.6 Å². The highest BCUT2D eigenvalue weighted by atomic mass is 15.1. The number of hydrogen-bond donors (Lipinski definition) is 0. The summed E-state index contributed by atoms with van der Waals surface area (Å²) in [4.78, 5) is 8.45. The van der Waals surface area contributed by atoms with Gasteiger partial charge in [0.2, 0.25) is 0 Å². The minimum absolute atomic E-state index is 0.828. The molecule has 1 heterocycles. The second kappa shape index (κ2) is 12.9. The molecule has 21 heavy (non-hydrogen) atoms. The van der Waals surface area contributed by atoms with E-state index in [4.69, 9.17) is 0 Å². The summed E-state index contributed by atoms with van der Waals surface area (Å²) < 4.78 is 1.96. The van der Waals surface area contributed by atoms with Crippen molar-refractivity contribution >= 4 is 12.5 Å². The predicted octanol–water partition coefficient (Wildman–Crippen LogP) is 5.58. The van der Waals surface area contributed by atoms with Crippen LogP contribution in [0.15, 0.2) is 48.5 Å². The van der Waals surface area contributed by atoms with Gasteiger partial charge in [-0.2, -0.15) is 0 Å². The molecule has 1 aromatic carbocycles. The van der Waals surface area contributed by atoms with Gasteiger partial charge in [0.15, 0.2) is 5.82 Å². The lowest BCUT2D eigenvalue weighted by atomic mass is 10.2. The quantitative estimate of drug-likeness (QED) is 0.523. The first-order valence-electron chi connectivity index (χ1n) is 7.29. The fourth-order valence-corrected chi connectivity index (χ4v) is 1.69. The molecule has 0 saturated carbocycles. The molecule has 0 spiro atoms. The normalized spacial score (nSPS) is 8.10. The maximum Gasteiger partial charge on any atom is 0.154 e. The van der Waals surface area contributed by atoms with Crippen molar-refractivity contribution in [3.8, 4) is 11.4 Å². The van der Waals surface area contributed by atoms with Gasteiger partial charge in [0.25, 0.3) is 0 Å². The molecule has 0 saturated heterocycles. The van der Waals surface area contributed by atoms with Gasteiger partial charge >= 0.3 is 0 Å². The van der Waals surface area contributed by atoms with Gasteiger partial charge in [0, 0.05) is 12.6 Å². The number of aliphatic imine (C=N–C) groups is 1. The summed E-state index contributed by atoms with van der Waals surface area (Å²) in [5, 5.41) is 0. The molecular weight excluding hydrogens is 258 g/mol. The van der Waals surface area contributed by atoms with E-state index in [0.29, 0.717) is 0 Å². The Morgan fingerprint density at radius 1 is 1.00 bits per heavy atom. The second-order valence-electron chi connectivity index (χ2n) is 3.43. The minimum Gasteiger partial charge on any atom is -0.312 e. The Bertz CT molecular complexity index is 499. The Morgan fingerprint density at radius 2 is 1.48 bits per heavy atom. The maximum atomic E-state index is 4.48. The molecule has 2 aromatic rings. The van der Waals surface area contributed by atoms with Crippen LogP contribution >= 0.6 is 0 Å². The van der Waals surface area contributed by atoms with Crippen LogP contribution < -0.4 is 0 Å². The van der Waals surface area contributed by atoms with Crippen LogP contribution in [-0.4, -0.2) is 16.3 Å². The zero-order valence-corrected chi connectivity index (χ0v) is 14.3. The SMILES string of the molecule is C=C.C=Nc1c(C)nc(-c2ccccc2)n1C.CC.CC. The smallest absolute Gasteiger partial charge is 0.154 e. The van der Waals surface area contributed by atoms with Gasteiger partial charge in [0.1, 0.15) is 5.82 Å². The molecule has 0 unspecified atom stereocenters. The molecule has 1 aromatic heterocycles. The molecule has 0 fully saturated rings. The van der Waals surface area contributed by atoms with Crippen LogP contribution in [0.1, 0.15) is 33.4 Å². The summed E-state index contributed by atoms with van der Waals surface area (Å²) >= 11 is 0. The molecule has 116 valence electrons. The Hall–Kier alpha value is -2.16. The topological polar surface area (TPSA) is 30.2 Å². The van der Waals surface area contributed by atoms with Gasteiger partial charge in [0.05, 0.1) is 5.69 Å². The number of aryl methyl sites for hydroxylation is 1. The molecule has 3 nitrogen and oxygen atoms in total. The highest BCUT2D eigenvalue weighted by Gasteiger charge is 2.10. The van der Waals surface area contributed by atoms with E-state index in [1.165, 1.54) is 0 Å². The summed E-state index contributed by atoms with van der Waals surface area (Å²) in [6, 6.07) is 10.1. The van der Waals surface area contributed by atoms with E-state index in [9.17, 15) is 0 Å². The molecule has 0 aliphatic heterocycles. The van der Waals surface area contributed by atoms with Gasteiger partial charge in [-0.05, 0) is 13.6 Å². The van der Waals surface area contributed by atoms with Crippen LogP contribution in [0.3, 0.4) is 0 Å². The van der Waals surface area contributed by atoms with Crippen molar-refractivity contribution in [1.29, 1.82) is 0 Å². The van der Waals surface area contributed by atoms with Crippen molar-refractivity contribution in [3.63, 3.8) is 0 Å². The standard InChI is InChI=1S/C12H13N3.2C2H6.C2H4/c1-9-11(13-2)15(3)12(14-9)10-7-5-4-6-8-10;3*1-2/h4-8H,2H2,1,3H3;2*1-2H3;1-2H2. The van der Waals surface area contributed by atoms with Gasteiger partial charge in [-0.1, -0.05) is 58.0 Å². The highest BCUT2D eigenvalue weighted by molar-refractivity contribution is 5.60. The number of benzene rings is 1. The highest BCUT2D eigenvalue weighted by Crippen LogP contribution is 2.25. The number of hydrogen-bond acceptors (Lipinski definition) is 2. The average molecular weight is 287 g/mol. The molecule has 0 bridgehead atoms. The largest absolute Gasteiger partial charge is 0.312 e. The summed E-state index contributed by atoms with van der Waals surface area (Å²) in [6.07, 6.45) is 0. The van der Waals surface area contributed by atoms with E-state index in [-0.39, 0.29) is 0 Å². The number of aromatic nitrogens is 2. The second-order valence-corrected chi connectivity index (χ2v) is 3.43. The van der Waals surface area contributed by atoms with Gasteiger partial charge in [-0.3, -0.25) is 0 Å². The Morgan fingerprint density at radius 3 is 1.86 bits per heavy atom. The van der Waals surface area contributed by atoms with E-state index in [1.54, 1.807) is 0 Å². The van der Waals surface area contributed by atoms with E-state index in [0.717, 1.165) is 22.9 Å². The monoisotopic (exact) mass is 287 g/mol. The van der Waals surface area contributed by atoms with Crippen molar-refractivity contribution in [2.75, 3.05) is 0 Å². The average Bonchev–Trinajstić information content (AvgIpc) is 2.88. The fourth-order valence-electron chi connectivity index (χ4n) is 1.69. The lowest BCUT2D eigenvalue weighted by Gasteiger charge is -2.01. The van der Waals surface area contributed by atoms with Gasteiger partial charge in [-0.25, -0.2) is 9.98 Å². The van der Waals surface area contributed by atoms with Crippen molar-refractivity contribution in [1.82, 2.24) is 9.55 Å². The van der Waals surface area contributed by atoms with Crippen LogP contribution in [0.4, 0.5) is 5.82 Å². The molecule has 0 radical (unpaired) electrons. The number of imidazole rings is 1. The minimum atomic E-state index is 0.828. The lowest BCUT2D eigenvalue weighted by molar-refractivity contribution is 0.924. The van der Waals surface area contributed by atoms with Crippen molar-refractivity contribution in [2.24, 2.45) is 12.0 Å². The van der Waals surface area contributed by atoms with Crippen LogP contribution in [0, 0.1) is 6.92 Å². The van der Waals surface area contributed by atoms with Crippen LogP contribution in [0.2, 0.25) is 0 Å². The van der Waals surface area contributed by atoms with Crippen LogP contribution in [0.25, 0.3) is 11.4 Å². The number of rotatable bonds is 2. The molecule has 0 aliphatic carbocycles. The van der Waals surface area contributed by atoms with Gasteiger partial charge < -0.3 is 4.57 Å². The number of nitrogens with zero attached hydrogens (tertiary/aromatic N) is 3. The van der Waals surface area contributed by atoms with E-state index >= 15 is 0 Å². The van der Waals surface area contributed by atoms with E-state index in [2.05, 4.69) is 29.9 Å². The maximum absolute atomic E-state index is 4.48. The van der Waals surface area contributed by atoms with E-state index < -0.39 is 0 Å². The molecule has 0 amide bonds. The van der Waals surface area contributed by atoms with Crippen LogP contribution in [0.5, 0.6) is 0 Å². The zero-order valence-electron chi connectivity index (χ0n) is 14.3.